The number of aromatic nitrogens is 2. The van der Waals surface area contributed by atoms with Crippen LogP contribution in [0.1, 0.15) is 23.1 Å². The minimum absolute atomic E-state index is 0.458. The largest absolute Gasteiger partial charge is 0.387 e. The Kier molecular flexibility index (Phi) is 3.82. The Morgan fingerprint density at radius 3 is 3.10 bits per heavy atom. The number of imidazole rings is 1. The molecule has 104 valence electrons. The van der Waals surface area contributed by atoms with Gasteiger partial charge >= 0.3 is 0 Å². The van der Waals surface area contributed by atoms with Crippen molar-refractivity contribution in [1.82, 2.24) is 14.7 Å². The summed E-state index contributed by atoms with van der Waals surface area (Å²) in [7, 11) is 0. The van der Waals surface area contributed by atoms with Crippen LogP contribution in [0.25, 0.3) is 5.65 Å². The first-order chi connectivity index (χ1) is 9.75. The zero-order chi connectivity index (χ0) is 13.9. The lowest BCUT2D eigenvalue weighted by molar-refractivity contribution is 0.174. The molecule has 0 saturated heterocycles. The molecule has 1 atom stereocenters. The molecule has 0 fully saturated rings. The third-order valence-electron chi connectivity index (χ3n) is 3.39. The molecule has 4 nitrogen and oxygen atoms in total. The molecule has 1 unspecified atom stereocenters. The number of hydrogen-bond acceptors (Lipinski definition) is 4. The molecule has 3 aromatic rings. The maximum Gasteiger partial charge on any atom is 0.137 e. The first-order valence-corrected chi connectivity index (χ1v) is 7.53. The van der Waals surface area contributed by atoms with Crippen molar-refractivity contribution < 1.29 is 5.11 Å². The summed E-state index contributed by atoms with van der Waals surface area (Å²) in [5.41, 5.74) is 4.09. The van der Waals surface area contributed by atoms with Crippen LogP contribution in [0.2, 0.25) is 0 Å². The van der Waals surface area contributed by atoms with Crippen LogP contribution in [0.4, 0.5) is 0 Å². The van der Waals surface area contributed by atoms with Crippen molar-refractivity contribution in [3.8, 4) is 0 Å². The lowest BCUT2D eigenvalue weighted by Gasteiger charge is -2.10. The van der Waals surface area contributed by atoms with E-state index >= 15 is 0 Å². The molecule has 0 aliphatic rings. The molecule has 0 radical (unpaired) electrons. The fourth-order valence-corrected chi connectivity index (χ4v) is 2.99. The predicted molar refractivity (Wildman–Crippen MR) is 80.9 cm³/mol. The second kappa shape index (κ2) is 5.75. The predicted octanol–water partition coefficient (Wildman–Crippen LogP) is 2.53. The van der Waals surface area contributed by atoms with Gasteiger partial charge in [0.2, 0.25) is 0 Å². The van der Waals surface area contributed by atoms with Crippen molar-refractivity contribution in [3.05, 3.63) is 58.2 Å². The van der Waals surface area contributed by atoms with Crippen LogP contribution < -0.4 is 5.32 Å². The van der Waals surface area contributed by atoms with Crippen LogP contribution in [0, 0.1) is 6.92 Å². The first-order valence-electron chi connectivity index (χ1n) is 6.59. The number of aliphatic hydroxyl groups is 1. The topological polar surface area (TPSA) is 49.6 Å². The Morgan fingerprint density at radius 1 is 1.40 bits per heavy atom. The summed E-state index contributed by atoms with van der Waals surface area (Å²) in [5.74, 6) is 0. The normalized spacial score (nSPS) is 12.9. The molecule has 0 aliphatic heterocycles. The fourth-order valence-electron chi connectivity index (χ4n) is 2.29. The summed E-state index contributed by atoms with van der Waals surface area (Å²) < 4.78 is 2.08. The molecular formula is C15H17N3OS. The van der Waals surface area contributed by atoms with Crippen LogP contribution in [-0.4, -0.2) is 21.0 Å². The quantitative estimate of drug-likeness (QED) is 0.758. The van der Waals surface area contributed by atoms with E-state index < -0.39 is 6.10 Å². The monoisotopic (exact) mass is 287 g/mol. The van der Waals surface area contributed by atoms with Crippen molar-refractivity contribution in [1.29, 1.82) is 0 Å². The minimum Gasteiger partial charge on any atom is -0.387 e. The first kappa shape index (κ1) is 13.3. The van der Waals surface area contributed by atoms with Crippen LogP contribution in [-0.2, 0) is 6.54 Å². The van der Waals surface area contributed by atoms with Gasteiger partial charge in [0, 0.05) is 19.3 Å². The third kappa shape index (κ3) is 2.60. The lowest BCUT2D eigenvalue weighted by Crippen LogP contribution is -2.21. The average Bonchev–Trinajstić information content (AvgIpc) is 3.07. The SMILES string of the molecule is Cc1nc2ccccn2c1CNCC(O)c1ccsc1. The lowest BCUT2D eigenvalue weighted by atomic mass is 10.2. The summed E-state index contributed by atoms with van der Waals surface area (Å²) in [5, 5.41) is 17.3. The highest BCUT2D eigenvalue weighted by molar-refractivity contribution is 7.07. The number of rotatable bonds is 5. The molecule has 3 aromatic heterocycles. The van der Waals surface area contributed by atoms with Crippen molar-refractivity contribution >= 4 is 17.0 Å². The number of nitrogens with one attached hydrogen (secondary N) is 1. The number of fused-ring (bicyclic) bond motifs is 1. The van der Waals surface area contributed by atoms with Gasteiger partial charge in [-0.25, -0.2) is 4.98 Å². The average molecular weight is 287 g/mol. The zero-order valence-corrected chi connectivity index (χ0v) is 12.1. The molecule has 0 amide bonds. The number of nitrogens with zero attached hydrogens (tertiary/aromatic N) is 2. The summed E-state index contributed by atoms with van der Waals surface area (Å²) in [6, 6.07) is 7.93. The number of pyridine rings is 1. The highest BCUT2D eigenvalue weighted by Gasteiger charge is 2.10. The van der Waals surface area contributed by atoms with Gasteiger partial charge < -0.3 is 14.8 Å². The molecular weight excluding hydrogens is 270 g/mol. The van der Waals surface area contributed by atoms with Crippen LogP contribution >= 0.6 is 11.3 Å². The highest BCUT2D eigenvalue weighted by atomic mass is 32.1. The van der Waals surface area contributed by atoms with Gasteiger partial charge in [0.15, 0.2) is 0 Å². The molecule has 5 heteroatoms. The Balaban J connectivity index is 1.67. The second-order valence-corrected chi connectivity index (χ2v) is 5.56. The Bertz CT molecular complexity index is 690. The Labute approximate surface area is 121 Å². The molecule has 0 aliphatic carbocycles. The molecule has 2 N–H and O–H groups in total. The molecule has 3 heterocycles. The van der Waals surface area contributed by atoms with E-state index in [0.29, 0.717) is 13.1 Å². The van der Waals surface area contributed by atoms with Gasteiger partial charge in [-0.3, -0.25) is 0 Å². The number of thiophene rings is 1. The standard InChI is InChI=1S/C15H17N3OS/c1-11-13(18-6-3-2-4-15(18)17-11)8-16-9-14(19)12-5-7-20-10-12/h2-7,10,14,16,19H,8-9H2,1H3. The number of aryl methyl sites for hydroxylation is 1. The van der Waals surface area contributed by atoms with Crippen molar-refractivity contribution in [2.75, 3.05) is 6.54 Å². The minimum atomic E-state index is -0.458. The van der Waals surface area contributed by atoms with Gasteiger partial charge in [-0.2, -0.15) is 11.3 Å². The van der Waals surface area contributed by atoms with Crippen molar-refractivity contribution in [2.24, 2.45) is 0 Å². The van der Waals surface area contributed by atoms with Crippen molar-refractivity contribution in [3.63, 3.8) is 0 Å². The van der Waals surface area contributed by atoms with Gasteiger partial charge in [-0.15, -0.1) is 0 Å². The van der Waals surface area contributed by atoms with Crippen LogP contribution in [0.3, 0.4) is 0 Å². The van der Waals surface area contributed by atoms with E-state index in [1.54, 1.807) is 11.3 Å². The Morgan fingerprint density at radius 2 is 2.30 bits per heavy atom. The highest BCUT2D eigenvalue weighted by Crippen LogP contribution is 2.16. The molecule has 20 heavy (non-hydrogen) atoms. The second-order valence-electron chi connectivity index (χ2n) is 4.78. The molecule has 3 rings (SSSR count). The number of hydrogen-bond donors (Lipinski definition) is 2. The van der Waals surface area contributed by atoms with E-state index in [1.807, 2.05) is 48.1 Å². The summed E-state index contributed by atoms with van der Waals surface area (Å²) in [6.07, 6.45) is 1.56. The maximum absolute atomic E-state index is 10.0. The smallest absolute Gasteiger partial charge is 0.137 e. The van der Waals surface area contributed by atoms with E-state index in [1.165, 1.54) is 0 Å². The molecule has 0 bridgehead atoms. The summed E-state index contributed by atoms with van der Waals surface area (Å²) in [4.78, 5) is 4.52. The van der Waals surface area contributed by atoms with Gasteiger partial charge in [-0.05, 0) is 41.4 Å². The van der Waals surface area contributed by atoms with E-state index in [2.05, 4.69) is 14.7 Å². The number of aliphatic hydroxyl groups excluding tert-OH is 1. The molecule has 0 spiro atoms. The van der Waals surface area contributed by atoms with E-state index in [4.69, 9.17) is 0 Å². The summed E-state index contributed by atoms with van der Waals surface area (Å²) in [6.45, 7) is 3.24. The van der Waals surface area contributed by atoms with E-state index in [9.17, 15) is 5.11 Å². The van der Waals surface area contributed by atoms with Gasteiger partial charge in [0.1, 0.15) is 5.65 Å². The van der Waals surface area contributed by atoms with Gasteiger partial charge in [0.25, 0.3) is 0 Å². The van der Waals surface area contributed by atoms with Crippen molar-refractivity contribution in [2.45, 2.75) is 19.6 Å². The molecule has 0 aromatic carbocycles. The third-order valence-corrected chi connectivity index (χ3v) is 4.09. The van der Waals surface area contributed by atoms with E-state index in [-0.39, 0.29) is 0 Å². The van der Waals surface area contributed by atoms with Gasteiger partial charge in [-0.1, -0.05) is 6.07 Å². The summed E-state index contributed by atoms with van der Waals surface area (Å²) >= 11 is 1.60. The van der Waals surface area contributed by atoms with Crippen LogP contribution in [0.15, 0.2) is 41.2 Å². The zero-order valence-electron chi connectivity index (χ0n) is 11.3. The maximum atomic E-state index is 10.0. The molecule has 0 saturated carbocycles. The van der Waals surface area contributed by atoms with Crippen LogP contribution in [0.5, 0.6) is 0 Å². The van der Waals surface area contributed by atoms with E-state index in [0.717, 1.165) is 22.6 Å². The fraction of sp³-hybridized carbons (Fsp3) is 0.267. The van der Waals surface area contributed by atoms with Gasteiger partial charge in [0.05, 0.1) is 17.5 Å². The Hall–Kier alpha value is -1.69.